The van der Waals surface area contributed by atoms with E-state index in [1.807, 2.05) is 6.07 Å². The minimum Gasteiger partial charge on any atom is -0.398 e. The Labute approximate surface area is 132 Å². The lowest BCUT2D eigenvalue weighted by molar-refractivity contribution is -0.385. The van der Waals surface area contributed by atoms with E-state index in [1.54, 1.807) is 31.2 Å². The molecule has 0 saturated heterocycles. The molecule has 0 unspecified atom stereocenters. The molecule has 2 aromatic carbocycles. The number of anilines is 1. The minimum absolute atomic E-state index is 0.0451. The van der Waals surface area contributed by atoms with Crippen molar-refractivity contribution in [1.29, 1.82) is 5.26 Å². The first-order valence-corrected chi connectivity index (χ1v) is 6.78. The molecule has 0 aromatic heterocycles. The van der Waals surface area contributed by atoms with E-state index < -0.39 is 16.9 Å². The molecule has 0 saturated carbocycles. The maximum Gasteiger partial charge on any atom is 0.284 e. The Kier molecular flexibility index (Phi) is 4.57. The van der Waals surface area contributed by atoms with Crippen LogP contribution in [0.4, 0.5) is 11.4 Å². The maximum absolute atomic E-state index is 12.3. The molecule has 0 aliphatic heterocycles. The van der Waals surface area contributed by atoms with Crippen LogP contribution in [0.2, 0.25) is 0 Å². The quantitative estimate of drug-likeness (QED) is 0.510. The summed E-state index contributed by atoms with van der Waals surface area (Å²) in [6.45, 7) is 1.74. The van der Waals surface area contributed by atoms with Gasteiger partial charge >= 0.3 is 0 Å². The molecule has 3 N–H and O–H groups in total. The predicted octanol–water partition coefficient (Wildman–Crippen LogP) is 2.54. The number of nitriles is 1. The van der Waals surface area contributed by atoms with E-state index in [9.17, 15) is 14.9 Å². The number of benzene rings is 2. The number of nitrogens with one attached hydrogen (secondary N) is 1. The van der Waals surface area contributed by atoms with Crippen molar-refractivity contribution in [1.82, 2.24) is 5.32 Å². The van der Waals surface area contributed by atoms with Crippen molar-refractivity contribution in [2.24, 2.45) is 0 Å². The van der Waals surface area contributed by atoms with Crippen molar-refractivity contribution in [2.45, 2.75) is 13.0 Å². The highest BCUT2D eigenvalue weighted by Crippen LogP contribution is 2.25. The summed E-state index contributed by atoms with van der Waals surface area (Å²) >= 11 is 0. The molecule has 1 atom stereocenters. The molecule has 0 spiro atoms. The summed E-state index contributed by atoms with van der Waals surface area (Å²) in [7, 11) is 0. The van der Waals surface area contributed by atoms with E-state index in [2.05, 4.69) is 5.32 Å². The Bertz CT molecular complexity index is 794. The molecule has 23 heavy (non-hydrogen) atoms. The monoisotopic (exact) mass is 310 g/mol. The number of nitro groups is 1. The van der Waals surface area contributed by atoms with Gasteiger partial charge in [-0.3, -0.25) is 14.9 Å². The number of hydrogen-bond donors (Lipinski definition) is 2. The van der Waals surface area contributed by atoms with Gasteiger partial charge in [0.05, 0.1) is 28.3 Å². The molecule has 0 bridgehead atoms. The van der Waals surface area contributed by atoms with Gasteiger partial charge in [0, 0.05) is 6.07 Å². The summed E-state index contributed by atoms with van der Waals surface area (Å²) in [5.41, 5.74) is 6.55. The molecule has 1 amide bonds. The first kappa shape index (κ1) is 16.0. The number of carbonyl (C=O) groups is 1. The largest absolute Gasteiger partial charge is 0.398 e. The van der Waals surface area contributed by atoms with Crippen LogP contribution >= 0.6 is 0 Å². The van der Waals surface area contributed by atoms with Gasteiger partial charge < -0.3 is 11.1 Å². The average molecular weight is 310 g/mol. The average Bonchev–Trinajstić information content (AvgIpc) is 2.54. The minimum atomic E-state index is -0.641. The molecule has 0 radical (unpaired) electrons. The van der Waals surface area contributed by atoms with Crippen molar-refractivity contribution in [3.63, 3.8) is 0 Å². The molecule has 0 heterocycles. The van der Waals surface area contributed by atoms with Crippen molar-refractivity contribution in [2.75, 3.05) is 5.73 Å². The Balaban J connectivity index is 2.25. The third-order valence-corrected chi connectivity index (χ3v) is 3.39. The SMILES string of the molecule is C[C@@H](NC(=O)c1c(N)cccc1[N+](=O)[O-])c1ccc(C#N)cc1. The molecule has 116 valence electrons. The van der Waals surface area contributed by atoms with Crippen LogP contribution in [-0.2, 0) is 0 Å². The van der Waals surface area contributed by atoms with Gasteiger partial charge in [-0.05, 0) is 30.7 Å². The molecular weight excluding hydrogens is 296 g/mol. The van der Waals surface area contributed by atoms with E-state index in [1.165, 1.54) is 18.2 Å². The number of hydrogen-bond acceptors (Lipinski definition) is 5. The van der Waals surface area contributed by atoms with Crippen LogP contribution in [0, 0.1) is 21.4 Å². The topological polar surface area (TPSA) is 122 Å². The lowest BCUT2D eigenvalue weighted by Gasteiger charge is -2.15. The van der Waals surface area contributed by atoms with Crippen LogP contribution < -0.4 is 11.1 Å². The zero-order valence-corrected chi connectivity index (χ0v) is 12.3. The summed E-state index contributed by atoms with van der Waals surface area (Å²) in [4.78, 5) is 22.8. The third kappa shape index (κ3) is 3.44. The van der Waals surface area contributed by atoms with Gasteiger partial charge in [0.1, 0.15) is 5.56 Å². The van der Waals surface area contributed by atoms with Gasteiger partial charge in [0.15, 0.2) is 0 Å². The lowest BCUT2D eigenvalue weighted by Crippen LogP contribution is -2.28. The fourth-order valence-electron chi connectivity index (χ4n) is 2.16. The van der Waals surface area contributed by atoms with Crippen molar-refractivity contribution < 1.29 is 9.72 Å². The van der Waals surface area contributed by atoms with Gasteiger partial charge in [-0.15, -0.1) is 0 Å². The van der Waals surface area contributed by atoms with Crippen LogP contribution in [-0.4, -0.2) is 10.8 Å². The van der Waals surface area contributed by atoms with Gasteiger partial charge in [-0.1, -0.05) is 18.2 Å². The summed E-state index contributed by atoms with van der Waals surface area (Å²) in [6.07, 6.45) is 0. The zero-order valence-electron chi connectivity index (χ0n) is 12.3. The first-order valence-electron chi connectivity index (χ1n) is 6.78. The number of carbonyl (C=O) groups excluding carboxylic acids is 1. The van der Waals surface area contributed by atoms with Crippen LogP contribution in [0.15, 0.2) is 42.5 Å². The first-order chi connectivity index (χ1) is 10.9. The third-order valence-electron chi connectivity index (χ3n) is 3.39. The number of amides is 1. The number of nitrogens with two attached hydrogens (primary N) is 1. The van der Waals surface area contributed by atoms with E-state index in [4.69, 9.17) is 11.0 Å². The number of nitrogens with zero attached hydrogens (tertiary/aromatic N) is 2. The molecule has 0 aliphatic carbocycles. The van der Waals surface area contributed by atoms with Gasteiger partial charge in [-0.25, -0.2) is 0 Å². The molecule has 2 aromatic rings. The van der Waals surface area contributed by atoms with Crippen LogP contribution in [0.3, 0.4) is 0 Å². The summed E-state index contributed by atoms with van der Waals surface area (Å²) < 4.78 is 0. The fourth-order valence-corrected chi connectivity index (χ4v) is 2.16. The van der Waals surface area contributed by atoms with Crippen molar-refractivity contribution in [3.05, 3.63) is 69.3 Å². The number of nitrogen functional groups attached to an aromatic ring is 1. The van der Waals surface area contributed by atoms with E-state index >= 15 is 0 Å². The molecular formula is C16H14N4O3. The molecule has 2 rings (SSSR count). The van der Waals surface area contributed by atoms with Gasteiger partial charge in [-0.2, -0.15) is 5.26 Å². The standard InChI is InChI=1S/C16H14N4O3/c1-10(12-7-5-11(9-17)6-8-12)19-16(21)15-13(18)3-2-4-14(15)20(22)23/h2-8,10H,18H2,1H3,(H,19,21)/t10-/m1/s1. The van der Waals surface area contributed by atoms with Crippen molar-refractivity contribution >= 4 is 17.3 Å². The molecule has 7 heteroatoms. The number of nitro benzene ring substituents is 1. The Morgan fingerprint density at radius 2 is 1.96 bits per heavy atom. The molecule has 7 nitrogen and oxygen atoms in total. The second kappa shape index (κ2) is 6.58. The van der Waals surface area contributed by atoms with Crippen LogP contribution in [0.5, 0.6) is 0 Å². The zero-order chi connectivity index (χ0) is 17.0. The predicted molar refractivity (Wildman–Crippen MR) is 84.5 cm³/mol. The number of rotatable bonds is 4. The summed E-state index contributed by atoms with van der Waals surface area (Å²) in [5, 5.41) is 22.5. The highest BCUT2D eigenvalue weighted by atomic mass is 16.6. The lowest BCUT2D eigenvalue weighted by atomic mass is 10.0. The second-order valence-electron chi connectivity index (χ2n) is 4.93. The van der Waals surface area contributed by atoms with Crippen LogP contribution in [0.1, 0.15) is 34.5 Å². The Morgan fingerprint density at radius 3 is 2.52 bits per heavy atom. The molecule has 0 aliphatic rings. The fraction of sp³-hybridized carbons (Fsp3) is 0.125. The highest BCUT2D eigenvalue weighted by molar-refractivity contribution is 6.03. The normalized spacial score (nSPS) is 11.3. The van der Waals surface area contributed by atoms with Gasteiger partial charge in [0.2, 0.25) is 0 Å². The smallest absolute Gasteiger partial charge is 0.284 e. The van der Waals surface area contributed by atoms with Crippen LogP contribution in [0.25, 0.3) is 0 Å². The maximum atomic E-state index is 12.3. The van der Waals surface area contributed by atoms with E-state index in [0.717, 1.165) is 5.56 Å². The van der Waals surface area contributed by atoms with Crippen molar-refractivity contribution in [3.8, 4) is 6.07 Å². The summed E-state index contributed by atoms with van der Waals surface area (Å²) in [5.74, 6) is -0.619. The highest BCUT2D eigenvalue weighted by Gasteiger charge is 2.24. The van der Waals surface area contributed by atoms with E-state index in [0.29, 0.717) is 5.56 Å². The second-order valence-corrected chi connectivity index (χ2v) is 4.93. The van der Waals surface area contributed by atoms with E-state index in [-0.39, 0.29) is 16.9 Å². The Morgan fingerprint density at radius 1 is 1.30 bits per heavy atom. The Hall–Kier alpha value is -3.40. The summed E-state index contributed by atoms with van der Waals surface area (Å²) in [6, 6.07) is 12.4. The molecule has 0 fully saturated rings. The van der Waals surface area contributed by atoms with Gasteiger partial charge in [0.25, 0.3) is 11.6 Å².